The molecule has 1 aromatic rings. The van der Waals surface area contributed by atoms with E-state index in [0.717, 1.165) is 30.5 Å². The van der Waals surface area contributed by atoms with Crippen molar-refractivity contribution in [3.05, 3.63) is 48.1 Å². The second-order valence-corrected chi connectivity index (χ2v) is 4.06. The van der Waals surface area contributed by atoms with Crippen molar-refractivity contribution in [2.75, 3.05) is 18.7 Å². The summed E-state index contributed by atoms with van der Waals surface area (Å²) in [6.07, 6.45) is 2.82. The van der Waals surface area contributed by atoms with E-state index in [-0.39, 0.29) is 6.61 Å². The van der Waals surface area contributed by atoms with Gasteiger partial charge in [-0.15, -0.1) is 0 Å². The van der Waals surface area contributed by atoms with E-state index < -0.39 is 6.09 Å². The van der Waals surface area contributed by atoms with Crippen molar-refractivity contribution in [3.8, 4) is 0 Å². The first-order valence-electron chi connectivity index (χ1n) is 7.47. The number of hydrogen-bond donors (Lipinski definition) is 3. The topological polar surface area (TPSA) is 82.0 Å². The fourth-order valence-corrected chi connectivity index (χ4v) is 1.94. The van der Waals surface area contributed by atoms with Gasteiger partial charge in [0.2, 0.25) is 0 Å². The lowest BCUT2D eigenvalue weighted by Gasteiger charge is -2.24. The number of hydrogen-bond acceptors (Lipinski definition) is 5. The van der Waals surface area contributed by atoms with Gasteiger partial charge in [0.1, 0.15) is 6.61 Å². The van der Waals surface area contributed by atoms with Crippen molar-refractivity contribution < 1.29 is 19.8 Å². The molecule has 6 nitrogen and oxygen atoms in total. The first-order valence-corrected chi connectivity index (χ1v) is 7.47. The molecule has 2 rings (SSSR count). The summed E-state index contributed by atoms with van der Waals surface area (Å²) >= 11 is 0. The lowest BCUT2D eigenvalue weighted by molar-refractivity contribution is 0.105. The van der Waals surface area contributed by atoms with Crippen molar-refractivity contribution in [2.24, 2.45) is 0 Å². The maximum atomic E-state index is 11.2. The first-order chi connectivity index (χ1) is 11.2. The van der Waals surface area contributed by atoms with E-state index in [9.17, 15) is 10.0 Å². The second kappa shape index (κ2) is 11.3. The summed E-state index contributed by atoms with van der Waals surface area (Å²) in [5.41, 5.74) is 3.09. The van der Waals surface area contributed by atoms with Crippen LogP contribution >= 0.6 is 0 Å². The number of nitrogens with zero attached hydrogens (tertiary/aromatic N) is 1. The number of nitrogens with one attached hydrogen (secondary N) is 1. The Morgan fingerprint density at radius 1 is 1.43 bits per heavy atom. The maximum absolute atomic E-state index is 11.2. The quantitative estimate of drug-likeness (QED) is 0.585. The highest BCUT2D eigenvalue weighted by molar-refractivity contribution is 5.88. The predicted molar refractivity (Wildman–Crippen MR) is 92.2 cm³/mol. The van der Waals surface area contributed by atoms with Crippen molar-refractivity contribution in [3.63, 3.8) is 0 Å². The van der Waals surface area contributed by atoms with Crippen LogP contribution < -0.4 is 10.4 Å². The molecule has 1 amide bonds. The van der Waals surface area contributed by atoms with E-state index in [1.807, 2.05) is 39.0 Å². The number of rotatable bonds is 4. The molecular formula is C17H26N2O4. The summed E-state index contributed by atoms with van der Waals surface area (Å²) in [7, 11) is 1.00. The summed E-state index contributed by atoms with van der Waals surface area (Å²) in [5, 5.41) is 20.3. The molecule has 0 radical (unpaired) electrons. The maximum Gasteiger partial charge on any atom is 0.438 e. The Labute approximate surface area is 137 Å². The molecule has 0 bridgehead atoms. The molecule has 0 saturated carbocycles. The monoisotopic (exact) mass is 322 g/mol. The lowest BCUT2D eigenvalue weighted by atomic mass is 10.0. The van der Waals surface area contributed by atoms with Crippen LogP contribution in [0.25, 0.3) is 5.70 Å². The minimum Gasteiger partial charge on any atom is -0.443 e. The molecule has 0 aliphatic carbocycles. The summed E-state index contributed by atoms with van der Waals surface area (Å²) in [6, 6.07) is 5.40. The average molecular weight is 322 g/mol. The molecule has 0 spiro atoms. The molecule has 0 fully saturated rings. The number of carbonyl (C=O) groups excluding carboxylic acids is 1. The SMILES string of the molecule is C=C/C=C(\NCC)c1ccc2c(c1)COC(=O)N2O.CC.CO. The highest BCUT2D eigenvalue weighted by Gasteiger charge is 2.24. The van der Waals surface area contributed by atoms with Gasteiger partial charge in [-0.05, 0) is 30.7 Å². The molecule has 1 aromatic carbocycles. The molecule has 128 valence electrons. The highest BCUT2D eigenvalue weighted by atomic mass is 16.6. The highest BCUT2D eigenvalue weighted by Crippen LogP contribution is 2.28. The Kier molecular flexibility index (Phi) is 10.1. The normalized spacial score (nSPS) is 12.7. The summed E-state index contributed by atoms with van der Waals surface area (Å²) in [5.74, 6) is 0. The first kappa shape index (κ1) is 20.7. The zero-order valence-corrected chi connectivity index (χ0v) is 14.2. The van der Waals surface area contributed by atoms with E-state index >= 15 is 0 Å². The van der Waals surface area contributed by atoms with Gasteiger partial charge in [-0.25, -0.2) is 4.79 Å². The van der Waals surface area contributed by atoms with Crippen molar-refractivity contribution >= 4 is 17.5 Å². The molecule has 0 atom stereocenters. The van der Waals surface area contributed by atoms with E-state index in [1.54, 1.807) is 12.1 Å². The van der Waals surface area contributed by atoms with Crippen molar-refractivity contribution in [2.45, 2.75) is 27.4 Å². The summed E-state index contributed by atoms with van der Waals surface area (Å²) in [6.45, 7) is 10.6. The minimum absolute atomic E-state index is 0.159. The van der Waals surface area contributed by atoms with Crippen LogP contribution in [0.5, 0.6) is 0 Å². The van der Waals surface area contributed by atoms with E-state index in [2.05, 4.69) is 11.9 Å². The van der Waals surface area contributed by atoms with Crippen molar-refractivity contribution in [1.29, 1.82) is 0 Å². The summed E-state index contributed by atoms with van der Waals surface area (Å²) < 4.78 is 4.85. The largest absolute Gasteiger partial charge is 0.443 e. The fraction of sp³-hybridized carbons (Fsp3) is 0.353. The Bertz CT molecular complexity index is 541. The molecular weight excluding hydrogens is 296 g/mol. The van der Waals surface area contributed by atoms with Crippen LogP contribution in [0.4, 0.5) is 10.5 Å². The van der Waals surface area contributed by atoms with Gasteiger partial charge in [0.25, 0.3) is 0 Å². The number of benzene rings is 1. The van der Waals surface area contributed by atoms with Gasteiger partial charge in [-0.2, -0.15) is 5.06 Å². The minimum atomic E-state index is -0.756. The van der Waals surface area contributed by atoms with Gasteiger partial charge in [0.05, 0.1) is 5.69 Å². The van der Waals surface area contributed by atoms with Crippen LogP contribution in [0, 0.1) is 0 Å². The molecule has 23 heavy (non-hydrogen) atoms. The Hall–Kier alpha value is -2.31. The zero-order valence-electron chi connectivity index (χ0n) is 14.2. The van der Waals surface area contributed by atoms with E-state index in [1.165, 1.54) is 0 Å². The molecule has 0 saturated heterocycles. The van der Waals surface area contributed by atoms with Crippen LogP contribution in [0.15, 0.2) is 36.9 Å². The smallest absolute Gasteiger partial charge is 0.438 e. The third-order valence-corrected chi connectivity index (χ3v) is 2.79. The van der Waals surface area contributed by atoms with Gasteiger partial charge >= 0.3 is 6.09 Å². The number of cyclic esters (lactones) is 1. The molecule has 1 heterocycles. The molecule has 3 N–H and O–H groups in total. The van der Waals surface area contributed by atoms with Gasteiger partial charge < -0.3 is 15.2 Å². The second-order valence-electron chi connectivity index (χ2n) is 4.06. The predicted octanol–water partition coefficient (Wildman–Crippen LogP) is 3.30. The number of aliphatic hydroxyl groups is 1. The number of anilines is 1. The lowest BCUT2D eigenvalue weighted by Crippen LogP contribution is -2.32. The molecule has 0 unspecified atom stereocenters. The Morgan fingerprint density at radius 3 is 2.65 bits per heavy atom. The van der Waals surface area contributed by atoms with Gasteiger partial charge in [0, 0.05) is 24.9 Å². The zero-order chi connectivity index (χ0) is 17.8. The molecule has 6 heteroatoms. The number of allylic oxidation sites excluding steroid dienone is 2. The van der Waals surface area contributed by atoms with Crippen LogP contribution in [0.1, 0.15) is 31.9 Å². The number of ether oxygens (including phenoxy) is 1. The number of amides is 1. The van der Waals surface area contributed by atoms with Gasteiger partial charge in [0.15, 0.2) is 0 Å². The van der Waals surface area contributed by atoms with Crippen LogP contribution in [0.2, 0.25) is 0 Å². The van der Waals surface area contributed by atoms with Crippen molar-refractivity contribution in [1.82, 2.24) is 5.32 Å². The standard InChI is InChI=1S/C14H16N2O3.C2H6.CH4O/c1-3-5-12(15-4-2)10-6-7-13-11(8-10)9-19-14(17)16(13)18;2*1-2/h3,5-8,15,18H,1,4,9H2,2H3;1-2H3;2H,1H3/b12-5-;;. The number of hydroxylamine groups is 1. The average Bonchev–Trinajstić information content (AvgIpc) is 2.61. The Morgan fingerprint density at radius 2 is 2.09 bits per heavy atom. The molecule has 0 aromatic heterocycles. The van der Waals surface area contributed by atoms with Crippen LogP contribution in [-0.4, -0.2) is 30.1 Å². The number of fused-ring (bicyclic) bond motifs is 1. The van der Waals surface area contributed by atoms with Gasteiger partial charge in [-0.3, -0.25) is 5.21 Å². The number of aliphatic hydroxyl groups excluding tert-OH is 1. The van der Waals surface area contributed by atoms with Crippen LogP contribution in [0.3, 0.4) is 0 Å². The third kappa shape index (κ3) is 5.43. The molecule has 1 aliphatic heterocycles. The molecule has 1 aliphatic rings. The number of carbonyl (C=O) groups is 1. The fourth-order valence-electron chi connectivity index (χ4n) is 1.94. The third-order valence-electron chi connectivity index (χ3n) is 2.79. The van der Waals surface area contributed by atoms with E-state index in [0.29, 0.717) is 10.8 Å². The van der Waals surface area contributed by atoms with Gasteiger partial charge in [-0.1, -0.05) is 32.6 Å². The summed E-state index contributed by atoms with van der Waals surface area (Å²) in [4.78, 5) is 11.2. The Balaban J connectivity index is 0.00000112. The van der Waals surface area contributed by atoms with Crippen LogP contribution in [-0.2, 0) is 11.3 Å². The van der Waals surface area contributed by atoms with E-state index in [4.69, 9.17) is 9.84 Å².